The molecular weight excluding hydrogens is 377 g/mol. The van der Waals surface area contributed by atoms with Gasteiger partial charge in [0.25, 0.3) is 0 Å². The van der Waals surface area contributed by atoms with Gasteiger partial charge < -0.3 is 9.42 Å². The number of carbonyl (C=O) groups is 1. The van der Waals surface area contributed by atoms with E-state index in [0.717, 1.165) is 25.9 Å². The Labute approximate surface area is 169 Å². The number of hydrogen-bond donors (Lipinski definition) is 0. The fraction of sp³-hybridized carbons (Fsp3) is 0.571. The molecule has 2 aromatic rings. The van der Waals surface area contributed by atoms with E-state index in [1.165, 1.54) is 31.7 Å². The highest BCUT2D eigenvalue weighted by molar-refractivity contribution is 8.00. The summed E-state index contributed by atoms with van der Waals surface area (Å²) in [6, 6.07) is 6.42. The van der Waals surface area contributed by atoms with Crippen molar-refractivity contribution in [2.24, 2.45) is 5.92 Å². The third kappa shape index (κ3) is 4.74. The molecular formula is C21H26FN3O2S. The lowest BCUT2D eigenvalue weighted by molar-refractivity contribution is -0.130. The fourth-order valence-electron chi connectivity index (χ4n) is 4.13. The van der Waals surface area contributed by atoms with Gasteiger partial charge in [-0.25, -0.2) is 4.39 Å². The van der Waals surface area contributed by atoms with E-state index in [-0.39, 0.29) is 17.5 Å². The summed E-state index contributed by atoms with van der Waals surface area (Å²) < 4.78 is 19.3. The molecule has 2 heterocycles. The van der Waals surface area contributed by atoms with Crippen molar-refractivity contribution in [1.82, 2.24) is 15.0 Å². The topological polar surface area (TPSA) is 59.2 Å². The van der Waals surface area contributed by atoms with Crippen LogP contribution in [0.15, 0.2) is 28.8 Å². The number of carbonyl (C=O) groups excluding carboxylic acids is 1. The van der Waals surface area contributed by atoms with Gasteiger partial charge in [0, 0.05) is 24.8 Å². The molecule has 1 saturated heterocycles. The van der Waals surface area contributed by atoms with E-state index in [1.807, 2.05) is 16.7 Å². The molecule has 0 N–H and O–H groups in total. The first-order chi connectivity index (χ1) is 13.7. The summed E-state index contributed by atoms with van der Waals surface area (Å²) >= 11 is 1.83. The van der Waals surface area contributed by atoms with Gasteiger partial charge in [0.05, 0.1) is 11.3 Å². The Morgan fingerprint density at radius 2 is 2.04 bits per heavy atom. The molecule has 28 heavy (non-hydrogen) atoms. The minimum atomic E-state index is -0.357. The zero-order chi connectivity index (χ0) is 19.3. The van der Waals surface area contributed by atoms with Gasteiger partial charge >= 0.3 is 0 Å². The highest BCUT2D eigenvalue weighted by Crippen LogP contribution is 2.30. The Kier molecular flexibility index (Phi) is 6.29. The lowest BCUT2D eigenvalue weighted by atomic mass is 9.95. The highest BCUT2D eigenvalue weighted by Gasteiger charge is 2.26. The molecule has 7 heteroatoms. The van der Waals surface area contributed by atoms with Crippen LogP contribution >= 0.6 is 11.8 Å². The predicted molar refractivity (Wildman–Crippen MR) is 107 cm³/mol. The largest absolute Gasteiger partial charge is 0.342 e. The second kappa shape index (κ2) is 9.07. The van der Waals surface area contributed by atoms with E-state index >= 15 is 0 Å². The van der Waals surface area contributed by atoms with Crippen molar-refractivity contribution in [3.63, 3.8) is 0 Å². The van der Waals surface area contributed by atoms with Gasteiger partial charge in [0.1, 0.15) is 5.82 Å². The van der Waals surface area contributed by atoms with Crippen LogP contribution in [0, 0.1) is 11.7 Å². The van der Waals surface area contributed by atoms with Crippen molar-refractivity contribution >= 4 is 17.7 Å². The molecule has 1 saturated carbocycles. The van der Waals surface area contributed by atoms with Gasteiger partial charge in [-0.1, -0.05) is 30.1 Å². The van der Waals surface area contributed by atoms with Crippen molar-refractivity contribution in [2.75, 3.05) is 18.8 Å². The number of piperidine rings is 1. The van der Waals surface area contributed by atoms with Crippen LogP contribution in [-0.2, 0) is 11.2 Å². The van der Waals surface area contributed by atoms with Crippen molar-refractivity contribution in [2.45, 2.75) is 50.2 Å². The van der Waals surface area contributed by atoms with Crippen molar-refractivity contribution in [3.05, 3.63) is 36.0 Å². The molecule has 0 bridgehead atoms. The van der Waals surface area contributed by atoms with Crippen molar-refractivity contribution in [1.29, 1.82) is 0 Å². The molecule has 0 radical (unpaired) electrons. The van der Waals surface area contributed by atoms with E-state index < -0.39 is 0 Å². The molecule has 1 aromatic heterocycles. The first kappa shape index (κ1) is 19.4. The molecule has 150 valence electrons. The number of benzene rings is 1. The average molecular weight is 404 g/mol. The summed E-state index contributed by atoms with van der Waals surface area (Å²) in [5.74, 6) is 1.59. The molecule has 1 amide bonds. The van der Waals surface area contributed by atoms with Crippen LogP contribution in [0.25, 0.3) is 11.4 Å². The Bertz CT molecular complexity index is 806. The predicted octanol–water partition coefficient (Wildman–Crippen LogP) is 4.33. The van der Waals surface area contributed by atoms with Crippen molar-refractivity contribution in [3.8, 4) is 11.4 Å². The normalized spacial score (nSPS) is 20.6. The van der Waals surface area contributed by atoms with Crippen LogP contribution in [-0.4, -0.2) is 45.0 Å². The van der Waals surface area contributed by atoms with Gasteiger partial charge in [-0.2, -0.15) is 4.98 Å². The third-order valence-corrected chi connectivity index (χ3v) is 7.02. The monoisotopic (exact) mass is 403 g/mol. The summed E-state index contributed by atoms with van der Waals surface area (Å²) in [6.45, 7) is 1.58. The smallest absolute Gasteiger partial charge is 0.232 e. The fourth-order valence-corrected chi connectivity index (χ4v) is 5.36. The van der Waals surface area contributed by atoms with E-state index in [2.05, 4.69) is 10.1 Å². The lowest BCUT2D eigenvalue weighted by Gasteiger charge is -2.32. The minimum absolute atomic E-state index is 0.249. The first-order valence-corrected chi connectivity index (χ1v) is 11.2. The number of rotatable bonds is 6. The van der Waals surface area contributed by atoms with Gasteiger partial charge in [0.2, 0.25) is 17.6 Å². The zero-order valence-electron chi connectivity index (χ0n) is 16.0. The van der Waals surface area contributed by atoms with Crippen LogP contribution in [0.3, 0.4) is 0 Å². The standard InChI is InChI=1S/C21H26FN3O2S/c22-18-10-4-3-9-17(18)21-23-19(27-24-21)12-15-6-5-11-25(13-15)20(26)14-28-16-7-1-2-8-16/h3-4,9-10,15-16H,1-2,5-8,11-14H2. The van der Waals surface area contributed by atoms with Crippen LogP contribution in [0.2, 0.25) is 0 Å². The molecule has 1 aliphatic heterocycles. The maximum Gasteiger partial charge on any atom is 0.232 e. The quantitative estimate of drug-likeness (QED) is 0.718. The number of amides is 1. The van der Waals surface area contributed by atoms with Crippen LogP contribution in [0.4, 0.5) is 4.39 Å². The molecule has 1 atom stereocenters. The lowest BCUT2D eigenvalue weighted by Crippen LogP contribution is -2.41. The van der Waals surface area contributed by atoms with Gasteiger partial charge in [-0.3, -0.25) is 4.79 Å². The first-order valence-electron chi connectivity index (χ1n) is 10.2. The molecule has 2 aliphatic rings. The maximum atomic E-state index is 13.9. The summed E-state index contributed by atoms with van der Waals surface area (Å²) in [7, 11) is 0. The van der Waals surface area contributed by atoms with Gasteiger partial charge in [0.15, 0.2) is 0 Å². The van der Waals surface area contributed by atoms with E-state index in [0.29, 0.717) is 34.8 Å². The number of likely N-dealkylation sites (tertiary alicyclic amines) is 1. The van der Waals surface area contributed by atoms with Crippen LogP contribution in [0.5, 0.6) is 0 Å². The maximum absolute atomic E-state index is 13.9. The number of nitrogens with zero attached hydrogens (tertiary/aromatic N) is 3. The van der Waals surface area contributed by atoms with Gasteiger partial charge in [-0.05, 0) is 43.7 Å². The number of thioether (sulfide) groups is 1. The molecule has 1 aromatic carbocycles. The highest BCUT2D eigenvalue weighted by atomic mass is 32.2. The molecule has 1 aliphatic carbocycles. The Morgan fingerprint density at radius 1 is 1.21 bits per heavy atom. The Hall–Kier alpha value is -1.89. The summed E-state index contributed by atoms with van der Waals surface area (Å²) in [4.78, 5) is 19.0. The van der Waals surface area contributed by atoms with E-state index in [4.69, 9.17) is 4.52 Å². The molecule has 1 unspecified atom stereocenters. The molecule has 5 nitrogen and oxygen atoms in total. The molecule has 4 rings (SSSR count). The zero-order valence-corrected chi connectivity index (χ0v) is 16.8. The molecule has 2 fully saturated rings. The van der Waals surface area contributed by atoms with E-state index in [9.17, 15) is 9.18 Å². The van der Waals surface area contributed by atoms with Crippen molar-refractivity contribution < 1.29 is 13.7 Å². The molecule has 0 spiro atoms. The average Bonchev–Trinajstić information content (AvgIpc) is 3.39. The van der Waals surface area contributed by atoms with Gasteiger partial charge in [-0.15, -0.1) is 11.8 Å². The Morgan fingerprint density at radius 3 is 2.86 bits per heavy atom. The van der Waals surface area contributed by atoms with Crippen LogP contribution < -0.4 is 0 Å². The third-order valence-electron chi connectivity index (χ3n) is 5.66. The Balaban J connectivity index is 1.31. The SMILES string of the molecule is O=C(CSC1CCCC1)N1CCCC(Cc2nc(-c3ccccc3F)no2)C1. The number of hydrogen-bond acceptors (Lipinski definition) is 5. The van der Waals surface area contributed by atoms with E-state index in [1.54, 1.807) is 18.2 Å². The second-order valence-corrected chi connectivity index (χ2v) is 9.05. The van der Waals surface area contributed by atoms with Crippen LogP contribution in [0.1, 0.15) is 44.4 Å². The summed E-state index contributed by atoms with van der Waals surface area (Å²) in [6.07, 6.45) is 7.77. The summed E-state index contributed by atoms with van der Waals surface area (Å²) in [5, 5.41) is 4.60. The number of aromatic nitrogens is 2. The second-order valence-electron chi connectivity index (χ2n) is 7.76. The minimum Gasteiger partial charge on any atom is -0.342 e. The number of halogens is 1. The summed E-state index contributed by atoms with van der Waals surface area (Å²) in [5.41, 5.74) is 0.349.